The normalized spacial score (nSPS) is 13.6. The molecule has 0 bridgehead atoms. The smallest absolute Gasteiger partial charge is 0.453 e. The summed E-state index contributed by atoms with van der Waals surface area (Å²) in [7, 11) is 0. The standard InChI is InChI=1S/C12H9ClF5N3OS/c1-6-2-7(13)8(3-9(6)23(22)4-10(14)15)21-5-19-11(20-21)12(16,17)18/h2-3,5,10H,4H2,1H3. The fraction of sp³-hybridized carbons (Fsp3) is 0.333. The summed E-state index contributed by atoms with van der Waals surface area (Å²) in [6, 6.07) is 2.50. The summed E-state index contributed by atoms with van der Waals surface area (Å²) in [6.07, 6.45) is -6.72. The quantitative estimate of drug-likeness (QED) is 0.607. The van der Waals surface area contributed by atoms with Crippen LogP contribution in [0.1, 0.15) is 11.4 Å². The topological polar surface area (TPSA) is 53.8 Å². The van der Waals surface area contributed by atoms with E-state index in [9.17, 15) is 26.5 Å². The Balaban J connectivity index is 2.45. The monoisotopic (exact) mass is 373 g/mol. The first-order valence-electron chi connectivity index (χ1n) is 6.05. The highest BCUT2D eigenvalue weighted by molar-refractivity contribution is 7.91. The van der Waals surface area contributed by atoms with Crippen LogP contribution < -0.4 is 0 Å². The van der Waals surface area contributed by atoms with Gasteiger partial charge in [0.05, 0.1) is 10.7 Å². The van der Waals surface area contributed by atoms with Crippen LogP contribution in [-0.4, -0.2) is 31.5 Å². The van der Waals surface area contributed by atoms with Crippen LogP contribution in [0, 0.1) is 6.92 Å². The molecule has 1 atom stereocenters. The van der Waals surface area contributed by atoms with Crippen LogP contribution in [0.3, 0.4) is 0 Å². The van der Waals surface area contributed by atoms with Crippen LogP contribution in [0.15, 0.2) is 23.4 Å². The molecule has 0 fully saturated rings. The van der Waals surface area contributed by atoms with E-state index in [1.165, 1.54) is 19.1 Å². The molecule has 126 valence electrons. The average molecular weight is 374 g/mol. The third-order valence-corrected chi connectivity index (χ3v) is 4.55. The highest BCUT2D eigenvalue weighted by Crippen LogP contribution is 2.30. The predicted molar refractivity (Wildman–Crippen MR) is 73.4 cm³/mol. The largest absolute Gasteiger partial charge is 0.611 e. The fourth-order valence-corrected chi connectivity index (χ4v) is 3.15. The molecule has 0 aliphatic heterocycles. The van der Waals surface area contributed by atoms with E-state index in [1.807, 2.05) is 0 Å². The van der Waals surface area contributed by atoms with Crippen LogP contribution in [0.25, 0.3) is 5.69 Å². The lowest BCUT2D eigenvalue weighted by molar-refractivity contribution is -0.144. The molecule has 1 aromatic heterocycles. The molecule has 0 radical (unpaired) electrons. The van der Waals surface area contributed by atoms with Crippen molar-refractivity contribution in [1.29, 1.82) is 0 Å². The summed E-state index contributed by atoms with van der Waals surface area (Å²) < 4.78 is 75.0. The lowest BCUT2D eigenvalue weighted by Crippen LogP contribution is -2.15. The molecule has 4 nitrogen and oxygen atoms in total. The van der Waals surface area contributed by atoms with E-state index in [1.54, 1.807) is 0 Å². The van der Waals surface area contributed by atoms with E-state index >= 15 is 0 Å². The zero-order valence-electron chi connectivity index (χ0n) is 11.4. The van der Waals surface area contributed by atoms with Gasteiger partial charge in [-0.2, -0.15) is 13.2 Å². The maximum absolute atomic E-state index is 12.5. The molecule has 2 aromatic rings. The summed E-state index contributed by atoms with van der Waals surface area (Å²) in [4.78, 5) is 3.17. The second-order valence-corrected chi connectivity index (χ2v) is 6.35. The molecule has 0 aliphatic rings. The van der Waals surface area contributed by atoms with E-state index < -0.39 is 35.4 Å². The fourth-order valence-electron chi connectivity index (χ4n) is 1.78. The van der Waals surface area contributed by atoms with Gasteiger partial charge in [0.15, 0.2) is 10.6 Å². The van der Waals surface area contributed by atoms with E-state index in [-0.39, 0.29) is 15.6 Å². The maximum Gasteiger partial charge on any atom is 0.453 e. The van der Waals surface area contributed by atoms with Crippen molar-refractivity contribution in [2.24, 2.45) is 0 Å². The third kappa shape index (κ3) is 4.12. The van der Waals surface area contributed by atoms with Gasteiger partial charge < -0.3 is 4.55 Å². The van der Waals surface area contributed by atoms with Gasteiger partial charge in [0, 0.05) is 11.6 Å². The maximum atomic E-state index is 12.5. The van der Waals surface area contributed by atoms with Gasteiger partial charge >= 0.3 is 6.18 Å². The SMILES string of the molecule is Cc1cc(Cl)c(-n2cnc(C(F)(F)F)n2)cc1[S+]([O-])CC(F)F. The van der Waals surface area contributed by atoms with Crippen LogP contribution >= 0.6 is 11.6 Å². The molecule has 0 spiro atoms. The van der Waals surface area contributed by atoms with E-state index in [0.29, 0.717) is 5.56 Å². The van der Waals surface area contributed by atoms with Crippen LogP contribution in [0.5, 0.6) is 0 Å². The lowest BCUT2D eigenvalue weighted by atomic mass is 10.2. The number of hydrogen-bond acceptors (Lipinski definition) is 3. The molecule has 0 saturated heterocycles. The summed E-state index contributed by atoms with van der Waals surface area (Å²) in [6.45, 7) is 1.51. The molecule has 2 rings (SSSR count). The Morgan fingerprint density at radius 2 is 2.00 bits per heavy atom. The molecule has 23 heavy (non-hydrogen) atoms. The van der Waals surface area contributed by atoms with Gasteiger partial charge in [-0.25, -0.2) is 18.4 Å². The predicted octanol–water partition coefficient (Wildman–Crippen LogP) is 3.62. The second-order valence-electron chi connectivity index (χ2n) is 4.48. The van der Waals surface area contributed by atoms with Crippen molar-refractivity contribution in [1.82, 2.24) is 14.8 Å². The number of aryl methyl sites for hydroxylation is 1. The Hall–Kier alpha value is -1.39. The van der Waals surface area contributed by atoms with E-state index in [4.69, 9.17) is 11.6 Å². The van der Waals surface area contributed by atoms with Crippen LogP contribution in [0.4, 0.5) is 22.0 Å². The molecule has 1 unspecified atom stereocenters. The highest BCUT2D eigenvalue weighted by atomic mass is 35.5. The van der Waals surface area contributed by atoms with Gasteiger partial charge in [-0.1, -0.05) is 11.6 Å². The lowest BCUT2D eigenvalue weighted by Gasteiger charge is -2.14. The molecule has 11 heteroatoms. The van der Waals surface area contributed by atoms with Gasteiger partial charge in [0.2, 0.25) is 0 Å². The number of rotatable bonds is 4. The number of benzene rings is 1. The molecule has 0 saturated carbocycles. The Morgan fingerprint density at radius 3 is 2.52 bits per heavy atom. The minimum Gasteiger partial charge on any atom is -0.611 e. The van der Waals surface area contributed by atoms with Crippen molar-refractivity contribution < 1.29 is 26.5 Å². The number of halogens is 6. The summed E-state index contributed by atoms with van der Waals surface area (Å²) >= 11 is 3.93. The number of alkyl halides is 5. The zero-order chi connectivity index (χ0) is 17.4. The molecule has 1 aromatic carbocycles. The molecular weight excluding hydrogens is 365 g/mol. The van der Waals surface area contributed by atoms with Crippen molar-refractivity contribution >= 4 is 22.8 Å². The van der Waals surface area contributed by atoms with E-state index in [0.717, 1.165) is 11.0 Å². The van der Waals surface area contributed by atoms with E-state index in [2.05, 4.69) is 10.1 Å². The summed E-state index contributed by atoms with van der Waals surface area (Å²) in [5.41, 5.74) is 0.353. The van der Waals surface area contributed by atoms with Gasteiger partial charge in [-0.15, -0.1) is 5.10 Å². The average Bonchev–Trinajstić information content (AvgIpc) is 2.86. The van der Waals surface area contributed by atoms with Crippen molar-refractivity contribution in [3.8, 4) is 5.69 Å². The minimum atomic E-state index is -4.73. The van der Waals surface area contributed by atoms with Gasteiger partial charge in [-0.05, 0) is 24.2 Å². The van der Waals surface area contributed by atoms with Crippen molar-refractivity contribution in [2.75, 3.05) is 5.75 Å². The highest BCUT2D eigenvalue weighted by Gasteiger charge is 2.36. The van der Waals surface area contributed by atoms with Crippen molar-refractivity contribution in [2.45, 2.75) is 24.4 Å². The molecule has 0 aliphatic carbocycles. The minimum absolute atomic E-state index is 0.0268. The van der Waals surface area contributed by atoms with Gasteiger partial charge in [-0.3, -0.25) is 0 Å². The van der Waals surface area contributed by atoms with Crippen LogP contribution in [0.2, 0.25) is 5.02 Å². The van der Waals surface area contributed by atoms with Gasteiger partial charge in [0.1, 0.15) is 6.33 Å². The van der Waals surface area contributed by atoms with Crippen molar-refractivity contribution in [3.05, 3.63) is 34.9 Å². The molecule has 0 amide bonds. The molecule has 1 heterocycles. The van der Waals surface area contributed by atoms with Gasteiger partial charge in [0.25, 0.3) is 12.2 Å². The Labute approximate surface area is 135 Å². The summed E-state index contributed by atoms with van der Waals surface area (Å²) in [5, 5.41) is 3.28. The summed E-state index contributed by atoms with van der Waals surface area (Å²) in [5.74, 6) is -2.25. The Bertz CT molecular complexity index is 706. The second kappa shape index (κ2) is 6.62. The zero-order valence-corrected chi connectivity index (χ0v) is 13.0. The molecular formula is C12H9ClF5N3OS. The molecule has 0 N–H and O–H groups in total. The first kappa shape index (κ1) is 18.0. The Morgan fingerprint density at radius 1 is 1.35 bits per heavy atom. The third-order valence-electron chi connectivity index (χ3n) is 2.76. The van der Waals surface area contributed by atoms with Crippen molar-refractivity contribution in [3.63, 3.8) is 0 Å². The number of nitrogens with zero attached hydrogens (tertiary/aromatic N) is 3. The number of aromatic nitrogens is 3. The first-order chi connectivity index (χ1) is 10.6. The van der Waals surface area contributed by atoms with Crippen LogP contribution in [-0.2, 0) is 17.4 Å². The Kier molecular flexibility index (Phi) is 5.17. The number of hydrogen-bond donors (Lipinski definition) is 0. The first-order valence-corrected chi connectivity index (χ1v) is 7.75.